The second-order valence-electron chi connectivity index (χ2n) is 7.38. The quantitative estimate of drug-likeness (QED) is 0.256. The molecule has 0 fully saturated rings. The van der Waals surface area contributed by atoms with Gasteiger partial charge in [-0.15, -0.1) is 11.3 Å². The number of nitro groups is 1. The van der Waals surface area contributed by atoms with E-state index in [1.807, 2.05) is 30.3 Å². The number of nitro benzene ring substituents is 1. The number of non-ortho nitro benzene ring substituents is 1. The van der Waals surface area contributed by atoms with Gasteiger partial charge in [-0.25, -0.2) is 0 Å². The van der Waals surface area contributed by atoms with Gasteiger partial charge in [0.25, 0.3) is 17.5 Å². The lowest BCUT2D eigenvalue weighted by molar-refractivity contribution is -0.384. The third-order valence-electron chi connectivity index (χ3n) is 4.96. The Bertz CT molecular complexity index is 1440. The van der Waals surface area contributed by atoms with Crippen LogP contribution in [0.25, 0.3) is 10.1 Å². The molecule has 3 N–H and O–H groups in total. The summed E-state index contributed by atoms with van der Waals surface area (Å²) < 4.78 is 0.524. The Balaban J connectivity index is 1.37. The van der Waals surface area contributed by atoms with E-state index in [-0.39, 0.29) is 33.5 Å². The second kappa shape index (κ2) is 10.3. The molecule has 4 aromatic rings. The van der Waals surface area contributed by atoms with Gasteiger partial charge in [-0.2, -0.15) is 0 Å². The molecule has 1 aromatic heterocycles. The predicted octanol–water partition coefficient (Wildman–Crippen LogP) is 4.72. The zero-order chi connectivity index (χ0) is 24.9. The standard InChI is InChI=1S/C24H17ClN4O5S/c25-21-18-11-10-17(29(33)34)13-19(18)35-22(21)24(32)26-16-8-6-15(7-9-16)23(31)28-27-20(30)12-14-4-2-1-3-5-14/h1-11,13H,12H2,(H,26,32)(H,27,30)(H,28,31). The Kier molecular flexibility index (Phi) is 7.04. The van der Waals surface area contributed by atoms with Crippen molar-refractivity contribution in [2.45, 2.75) is 6.42 Å². The zero-order valence-corrected chi connectivity index (χ0v) is 19.5. The number of hydrogen-bond acceptors (Lipinski definition) is 6. The first-order valence-electron chi connectivity index (χ1n) is 10.2. The van der Waals surface area contributed by atoms with Crippen LogP contribution in [0.3, 0.4) is 0 Å². The fourth-order valence-corrected chi connectivity index (χ4v) is 4.68. The van der Waals surface area contributed by atoms with E-state index in [4.69, 9.17) is 11.6 Å². The Labute approximate surface area is 207 Å². The highest BCUT2D eigenvalue weighted by Crippen LogP contribution is 2.37. The number of halogens is 1. The summed E-state index contributed by atoms with van der Waals surface area (Å²) in [6.07, 6.45) is 0.125. The molecule has 176 valence electrons. The molecule has 11 heteroatoms. The number of rotatable bonds is 6. The van der Waals surface area contributed by atoms with Crippen LogP contribution in [0.5, 0.6) is 0 Å². The van der Waals surface area contributed by atoms with Gasteiger partial charge in [0, 0.05) is 33.5 Å². The maximum Gasteiger partial charge on any atom is 0.270 e. The number of carbonyl (C=O) groups excluding carboxylic acids is 3. The highest BCUT2D eigenvalue weighted by atomic mass is 35.5. The lowest BCUT2D eigenvalue weighted by atomic mass is 10.1. The number of anilines is 1. The summed E-state index contributed by atoms with van der Waals surface area (Å²) in [4.78, 5) is 47.7. The molecule has 1 heterocycles. The van der Waals surface area contributed by atoms with Gasteiger partial charge in [-0.1, -0.05) is 41.9 Å². The fraction of sp³-hybridized carbons (Fsp3) is 0.0417. The molecule has 35 heavy (non-hydrogen) atoms. The predicted molar refractivity (Wildman–Crippen MR) is 134 cm³/mol. The first-order valence-corrected chi connectivity index (χ1v) is 11.4. The molecule has 0 aliphatic heterocycles. The summed E-state index contributed by atoms with van der Waals surface area (Å²) in [7, 11) is 0. The Morgan fingerprint density at radius 3 is 2.31 bits per heavy atom. The number of hydrazine groups is 1. The monoisotopic (exact) mass is 508 g/mol. The molecule has 0 aliphatic carbocycles. The van der Waals surface area contributed by atoms with Gasteiger partial charge in [-0.05, 0) is 35.9 Å². The first kappa shape index (κ1) is 23.9. The van der Waals surface area contributed by atoms with E-state index < -0.39 is 16.7 Å². The molecule has 4 rings (SSSR count). The van der Waals surface area contributed by atoms with Crippen molar-refractivity contribution in [3.8, 4) is 0 Å². The SMILES string of the molecule is O=C(Cc1ccccc1)NNC(=O)c1ccc(NC(=O)c2sc3cc([N+](=O)[O-])ccc3c2Cl)cc1. The number of thiophene rings is 1. The first-order chi connectivity index (χ1) is 16.8. The topological polar surface area (TPSA) is 130 Å². The molecule has 0 atom stereocenters. The van der Waals surface area contributed by atoms with Crippen LogP contribution in [0.15, 0.2) is 72.8 Å². The van der Waals surface area contributed by atoms with Gasteiger partial charge >= 0.3 is 0 Å². The van der Waals surface area contributed by atoms with Crippen molar-refractivity contribution in [2.24, 2.45) is 0 Å². The number of carbonyl (C=O) groups is 3. The number of amides is 3. The van der Waals surface area contributed by atoms with E-state index in [0.29, 0.717) is 15.8 Å². The van der Waals surface area contributed by atoms with Gasteiger partial charge in [0.15, 0.2) is 0 Å². The smallest absolute Gasteiger partial charge is 0.270 e. The zero-order valence-electron chi connectivity index (χ0n) is 17.9. The van der Waals surface area contributed by atoms with Crippen molar-refractivity contribution in [1.82, 2.24) is 10.9 Å². The minimum atomic E-state index is -0.515. The van der Waals surface area contributed by atoms with Crippen LogP contribution in [0, 0.1) is 10.1 Å². The summed E-state index contributed by atoms with van der Waals surface area (Å²) in [5.41, 5.74) is 6.13. The van der Waals surface area contributed by atoms with Gasteiger partial charge in [0.2, 0.25) is 5.91 Å². The summed E-state index contributed by atoms with van der Waals surface area (Å²) >= 11 is 7.37. The molecule has 0 bridgehead atoms. The third kappa shape index (κ3) is 5.62. The van der Waals surface area contributed by atoms with Crippen LogP contribution < -0.4 is 16.2 Å². The van der Waals surface area contributed by atoms with Crippen LogP contribution in [0.1, 0.15) is 25.6 Å². The van der Waals surface area contributed by atoms with Crippen molar-refractivity contribution < 1.29 is 19.3 Å². The second-order valence-corrected chi connectivity index (χ2v) is 8.81. The maximum atomic E-state index is 12.7. The molecule has 0 saturated carbocycles. The Morgan fingerprint density at radius 1 is 0.914 bits per heavy atom. The average molecular weight is 509 g/mol. The molecule has 3 aromatic carbocycles. The summed E-state index contributed by atoms with van der Waals surface area (Å²) in [6, 6.07) is 19.4. The van der Waals surface area contributed by atoms with Crippen molar-refractivity contribution in [2.75, 3.05) is 5.32 Å². The van der Waals surface area contributed by atoms with Crippen LogP contribution in [0.4, 0.5) is 11.4 Å². The van der Waals surface area contributed by atoms with Gasteiger partial charge in [-0.3, -0.25) is 35.3 Å². The third-order valence-corrected chi connectivity index (χ3v) is 6.61. The normalized spacial score (nSPS) is 10.5. The van der Waals surface area contributed by atoms with Gasteiger partial charge in [0.1, 0.15) is 4.88 Å². The number of benzene rings is 3. The van der Waals surface area contributed by atoms with Gasteiger partial charge in [0.05, 0.1) is 16.4 Å². The minimum Gasteiger partial charge on any atom is -0.321 e. The molecule has 9 nitrogen and oxygen atoms in total. The van der Waals surface area contributed by atoms with Gasteiger partial charge < -0.3 is 5.32 Å². The molecular weight excluding hydrogens is 492 g/mol. The van der Waals surface area contributed by atoms with Crippen LogP contribution in [0.2, 0.25) is 5.02 Å². The van der Waals surface area contributed by atoms with E-state index in [2.05, 4.69) is 16.2 Å². The highest BCUT2D eigenvalue weighted by molar-refractivity contribution is 7.21. The van der Waals surface area contributed by atoms with E-state index in [9.17, 15) is 24.5 Å². The molecule has 0 aliphatic rings. The number of nitrogens with one attached hydrogen (secondary N) is 3. The lowest BCUT2D eigenvalue weighted by Gasteiger charge is -2.09. The number of fused-ring (bicyclic) bond motifs is 1. The fourth-order valence-electron chi connectivity index (χ4n) is 3.23. The summed E-state index contributed by atoms with van der Waals surface area (Å²) in [6.45, 7) is 0. The van der Waals surface area contributed by atoms with E-state index in [1.54, 1.807) is 0 Å². The molecule has 0 radical (unpaired) electrons. The maximum absolute atomic E-state index is 12.7. The number of hydrogen-bond donors (Lipinski definition) is 3. The van der Waals surface area contributed by atoms with E-state index in [1.165, 1.54) is 42.5 Å². The van der Waals surface area contributed by atoms with Crippen LogP contribution in [-0.2, 0) is 11.2 Å². The van der Waals surface area contributed by atoms with E-state index in [0.717, 1.165) is 16.9 Å². The minimum absolute atomic E-state index is 0.0903. The Morgan fingerprint density at radius 2 is 1.63 bits per heavy atom. The molecular formula is C24H17ClN4O5S. The Hall–Kier alpha value is -4.28. The highest BCUT2D eigenvalue weighted by Gasteiger charge is 2.19. The molecule has 3 amide bonds. The largest absolute Gasteiger partial charge is 0.321 e. The van der Waals surface area contributed by atoms with Crippen molar-refractivity contribution in [3.63, 3.8) is 0 Å². The summed E-state index contributed by atoms with van der Waals surface area (Å²) in [5, 5.41) is 14.4. The van der Waals surface area contributed by atoms with Crippen LogP contribution in [-0.4, -0.2) is 22.6 Å². The average Bonchev–Trinajstić information content (AvgIpc) is 3.19. The van der Waals surface area contributed by atoms with Crippen molar-refractivity contribution >= 4 is 62.1 Å². The van der Waals surface area contributed by atoms with Crippen molar-refractivity contribution in [1.29, 1.82) is 0 Å². The number of nitrogens with zero attached hydrogens (tertiary/aromatic N) is 1. The van der Waals surface area contributed by atoms with Crippen molar-refractivity contribution in [3.05, 3.63) is 104 Å². The molecule has 0 unspecified atom stereocenters. The van der Waals surface area contributed by atoms with E-state index >= 15 is 0 Å². The van der Waals surface area contributed by atoms with Crippen LogP contribution >= 0.6 is 22.9 Å². The lowest BCUT2D eigenvalue weighted by Crippen LogP contribution is -2.42. The molecule has 0 saturated heterocycles. The summed E-state index contributed by atoms with van der Waals surface area (Å²) in [5.74, 6) is -1.36. The molecule has 0 spiro atoms.